The molecule has 0 radical (unpaired) electrons. The molecule has 0 atom stereocenters. The topological polar surface area (TPSA) is 29.5 Å². The van der Waals surface area contributed by atoms with Crippen LogP contribution in [0.25, 0.3) is 10.8 Å². The maximum absolute atomic E-state index is 8.99. The van der Waals surface area contributed by atoms with Crippen LogP contribution in [0.3, 0.4) is 0 Å². The molecule has 2 nitrogen and oxygen atoms in total. The summed E-state index contributed by atoms with van der Waals surface area (Å²) in [5.74, 6) is 0.692. The molecule has 0 aliphatic rings. The monoisotopic (exact) mass is 252 g/mol. The van der Waals surface area contributed by atoms with Crippen LogP contribution in [0.15, 0.2) is 72.8 Å². The third kappa shape index (κ3) is 3.49. The zero-order valence-electron chi connectivity index (χ0n) is 10.8. The summed E-state index contributed by atoms with van der Waals surface area (Å²) in [5.41, 5.74) is 0. The van der Waals surface area contributed by atoms with Crippen molar-refractivity contribution in [3.8, 4) is 11.5 Å². The molecule has 0 heterocycles. The molecule has 0 aliphatic carbocycles. The van der Waals surface area contributed by atoms with Gasteiger partial charge < -0.3 is 9.84 Å². The minimum atomic E-state index is 0.181. The summed E-state index contributed by atoms with van der Waals surface area (Å²) in [7, 11) is 1.52. The third-order valence-corrected chi connectivity index (χ3v) is 2.74. The highest BCUT2D eigenvalue weighted by Crippen LogP contribution is 2.23. The first-order chi connectivity index (χ1) is 9.31. The van der Waals surface area contributed by atoms with E-state index in [1.807, 2.05) is 0 Å². The second-order valence-electron chi connectivity index (χ2n) is 4.02. The van der Waals surface area contributed by atoms with E-state index in [1.165, 1.54) is 17.9 Å². The highest BCUT2D eigenvalue weighted by Gasteiger charge is 1.94. The van der Waals surface area contributed by atoms with Crippen molar-refractivity contribution in [3.63, 3.8) is 0 Å². The molecule has 3 aromatic rings. The van der Waals surface area contributed by atoms with Crippen molar-refractivity contribution in [1.29, 1.82) is 0 Å². The van der Waals surface area contributed by atoms with E-state index in [0.29, 0.717) is 5.75 Å². The molecule has 0 amide bonds. The van der Waals surface area contributed by atoms with Crippen LogP contribution >= 0.6 is 0 Å². The third-order valence-electron chi connectivity index (χ3n) is 2.74. The molecule has 0 spiro atoms. The highest BCUT2D eigenvalue weighted by molar-refractivity contribution is 5.81. The quantitative estimate of drug-likeness (QED) is 0.702. The fourth-order valence-corrected chi connectivity index (χ4v) is 1.76. The van der Waals surface area contributed by atoms with E-state index in [2.05, 4.69) is 48.5 Å². The molecule has 0 bridgehead atoms. The fraction of sp³-hybridized carbons (Fsp3) is 0.0588. The first kappa shape index (κ1) is 13.0. The number of methoxy groups -OCH3 is 1. The predicted molar refractivity (Wildman–Crippen MR) is 78.6 cm³/mol. The Hall–Kier alpha value is -2.48. The standard InChI is InChI=1S/C10H8.C7H8O2/c1-2-6-10-8-4-3-7-9(10)5-1;1-9-7-5-3-2-4-6(7)8/h1-8H;2-5,8H,1H3. The Balaban J connectivity index is 0.000000141. The summed E-state index contributed by atoms with van der Waals surface area (Å²) in [4.78, 5) is 0. The van der Waals surface area contributed by atoms with Gasteiger partial charge in [0.2, 0.25) is 0 Å². The summed E-state index contributed by atoms with van der Waals surface area (Å²) >= 11 is 0. The maximum Gasteiger partial charge on any atom is 0.160 e. The lowest BCUT2D eigenvalue weighted by molar-refractivity contribution is 0.373. The average molecular weight is 252 g/mol. The molecule has 0 unspecified atom stereocenters. The van der Waals surface area contributed by atoms with Crippen LogP contribution in [0.2, 0.25) is 0 Å². The van der Waals surface area contributed by atoms with E-state index in [-0.39, 0.29) is 5.75 Å². The van der Waals surface area contributed by atoms with E-state index >= 15 is 0 Å². The first-order valence-corrected chi connectivity index (χ1v) is 6.07. The lowest BCUT2D eigenvalue weighted by Crippen LogP contribution is -1.80. The van der Waals surface area contributed by atoms with Crippen LogP contribution in [0.1, 0.15) is 0 Å². The highest BCUT2D eigenvalue weighted by atomic mass is 16.5. The second-order valence-corrected chi connectivity index (χ2v) is 4.02. The van der Waals surface area contributed by atoms with E-state index in [1.54, 1.807) is 24.3 Å². The van der Waals surface area contributed by atoms with Crippen molar-refractivity contribution in [3.05, 3.63) is 72.8 Å². The normalized spacial score (nSPS) is 9.53. The molecule has 96 valence electrons. The number of phenols is 1. The molecule has 2 heteroatoms. The van der Waals surface area contributed by atoms with Crippen LogP contribution < -0.4 is 4.74 Å². The van der Waals surface area contributed by atoms with Gasteiger partial charge in [-0.25, -0.2) is 0 Å². The molecule has 3 aromatic carbocycles. The number of hydrogen-bond acceptors (Lipinski definition) is 2. The van der Waals surface area contributed by atoms with Crippen molar-refractivity contribution in [2.75, 3.05) is 7.11 Å². The summed E-state index contributed by atoms with van der Waals surface area (Å²) in [6, 6.07) is 23.6. The number of aromatic hydroxyl groups is 1. The fourth-order valence-electron chi connectivity index (χ4n) is 1.76. The minimum absolute atomic E-state index is 0.181. The van der Waals surface area contributed by atoms with Crippen molar-refractivity contribution >= 4 is 10.8 Å². The molecule has 0 saturated heterocycles. The maximum atomic E-state index is 8.99. The number of fused-ring (bicyclic) bond motifs is 1. The van der Waals surface area contributed by atoms with Crippen LogP contribution in [0, 0.1) is 0 Å². The first-order valence-electron chi connectivity index (χ1n) is 6.07. The smallest absolute Gasteiger partial charge is 0.160 e. The van der Waals surface area contributed by atoms with Crippen LogP contribution in [-0.4, -0.2) is 12.2 Å². The predicted octanol–water partition coefficient (Wildman–Crippen LogP) is 4.24. The van der Waals surface area contributed by atoms with E-state index in [4.69, 9.17) is 9.84 Å². The van der Waals surface area contributed by atoms with Crippen molar-refractivity contribution in [2.24, 2.45) is 0 Å². The van der Waals surface area contributed by atoms with Gasteiger partial charge in [0.25, 0.3) is 0 Å². The van der Waals surface area contributed by atoms with Gasteiger partial charge >= 0.3 is 0 Å². The summed E-state index contributed by atoms with van der Waals surface area (Å²) in [6.07, 6.45) is 0. The van der Waals surface area contributed by atoms with Crippen molar-refractivity contribution in [1.82, 2.24) is 0 Å². The summed E-state index contributed by atoms with van der Waals surface area (Å²) in [5, 5.41) is 11.6. The number of phenolic OH excluding ortho intramolecular Hbond substituents is 1. The number of para-hydroxylation sites is 2. The molecule has 0 aliphatic heterocycles. The largest absolute Gasteiger partial charge is 0.504 e. The van der Waals surface area contributed by atoms with Gasteiger partial charge in [-0.2, -0.15) is 0 Å². The number of benzene rings is 3. The van der Waals surface area contributed by atoms with Crippen LogP contribution in [0.5, 0.6) is 11.5 Å². The Morgan fingerprint density at radius 2 is 1.11 bits per heavy atom. The molecule has 1 N–H and O–H groups in total. The number of hydrogen-bond donors (Lipinski definition) is 1. The Morgan fingerprint density at radius 3 is 1.47 bits per heavy atom. The van der Waals surface area contributed by atoms with Crippen molar-refractivity contribution < 1.29 is 9.84 Å². The molecule has 0 saturated carbocycles. The van der Waals surface area contributed by atoms with E-state index in [9.17, 15) is 0 Å². The zero-order chi connectivity index (χ0) is 13.5. The van der Waals surface area contributed by atoms with Gasteiger partial charge in [-0.05, 0) is 22.9 Å². The Labute approximate surface area is 112 Å². The van der Waals surface area contributed by atoms with Gasteiger partial charge in [0.1, 0.15) is 0 Å². The number of ether oxygens (including phenoxy) is 1. The minimum Gasteiger partial charge on any atom is -0.504 e. The Morgan fingerprint density at radius 1 is 0.684 bits per heavy atom. The summed E-state index contributed by atoms with van der Waals surface area (Å²) in [6.45, 7) is 0. The molecular weight excluding hydrogens is 236 g/mol. The Bertz CT molecular complexity index is 582. The van der Waals surface area contributed by atoms with Gasteiger partial charge in [-0.15, -0.1) is 0 Å². The van der Waals surface area contributed by atoms with Gasteiger partial charge in [-0.1, -0.05) is 60.7 Å². The van der Waals surface area contributed by atoms with Gasteiger partial charge in [0.05, 0.1) is 7.11 Å². The second kappa shape index (κ2) is 6.45. The van der Waals surface area contributed by atoms with Crippen LogP contribution in [-0.2, 0) is 0 Å². The SMILES string of the molecule is COc1ccccc1O.c1ccc2ccccc2c1. The lowest BCUT2D eigenvalue weighted by atomic mass is 10.1. The molecule has 3 rings (SSSR count). The van der Waals surface area contributed by atoms with E-state index < -0.39 is 0 Å². The van der Waals surface area contributed by atoms with Gasteiger partial charge in [-0.3, -0.25) is 0 Å². The Kier molecular flexibility index (Phi) is 4.40. The van der Waals surface area contributed by atoms with Gasteiger partial charge in [0.15, 0.2) is 11.5 Å². The van der Waals surface area contributed by atoms with Crippen LogP contribution in [0.4, 0.5) is 0 Å². The average Bonchev–Trinajstić information content (AvgIpc) is 2.49. The zero-order valence-corrected chi connectivity index (χ0v) is 10.8. The molecule has 19 heavy (non-hydrogen) atoms. The molecule has 0 aromatic heterocycles. The van der Waals surface area contributed by atoms with Gasteiger partial charge in [0, 0.05) is 0 Å². The lowest BCUT2D eigenvalue weighted by Gasteiger charge is -1.99. The number of rotatable bonds is 1. The molecule has 0 fully saturated rings. The summed E-state index contributed by atoms with van der Waals surface area (Å²) < 4.78 is 4.79. The van der Waals surface area contributed by atoms with Crippen molar-refractivity contribution in [2.45, 2.75) is 0 Å². The van der Waals surface area contributed by atoms with E-state index in [0.717, 1.165) is 0 Å². The molecular formula is C17H16O2.